The van der Waals surface area contributed by atoms with E-state index in [0.717, 1.165) is 31.0 Å². The molecule has 2 rings (SSSR count). The van der Waals surface area contributed by atoms with Crippen molar-refractivity contribution < 1.29 is 9.47 Å². The summed E-state index contributed by atoms with van der Waals surface area (Å²) in [7, 11) is 0. The van der Waals surface area contributed by atoms with Gasteiger partial charge in [0.15, 0.2) is 11.5 Å². The molecular weight excluding hydrogens is 226 g/mol. The van der Waals surface area contributed by atoms with E-state index in [1.165, 1.54) is 11.1 Å². The van der Waals surface area contributed by atoms with E-state index in [1.807, 2.05) is 19.9 Å². The molecule has 1 aliphatic rings. The molecule has 0 fully saturated rings. The Labute approximate surface area is 109 Å². The van der Waals surface area contributed by atoms with Crippen LogP contribution in [0.3, 0.4) is 0 Å². The number of hydrogen-bond acceptors (Lipinski definition) is 3. The largest absolute Gasteiger partial charge is 0.490 e. The Kier molecular flexibility index (Phi) is 4.65. The van der Waals surface area contributed by atoms with Crippen LogP contribution in [0, 0.1) is 0 Å². The van der Waals surface area contributed by atoms with Gasteiger partial charge in [-0.15, -0.1) is 0 Å². The summed E-state index contributed by atoms with van der Waals surface area (Å²) in [4.78, 5) is 0. The van der Waals surface area contributed by atoms with Gasteiger partial charge in [-0.1, -0.05) is 12.1 Å². The Hall–Kier alpha value is -1.48. The van der Waals surface area contributed by atoms with Gasteiger partial charge in [-0.2, -0.15) is 0 Å². The molecule has 3 nitrogen and oxygen atoms in total. The highest BCUT2D eigenvalue weighted by Gasteiger charge is 2.10. The second-order valence-corrected chi connectivity index (χ2v) is 4.21. The second-order valence-electron chi connectivity index (χ2n) is 4.21. The average molecular weight is 247 g/mol. The van der Waals surface area contributed by atoms with Crippen molar-refractivity contribution in [1.82, 2.24) is 5.32 Å². The van der Waals surface area contributed by atoms with Crippen molar-refractivity contribution in [2.24, 2.45) is 0 Å². The van der Waals surface area contributed by atoms with Gasteiger partial charge in [-0.25, -0.2) is 0 Å². The summed E-state index contributed by atoms with van der Waals surface area (Å²) in [5.74, 6) is 1.67. The third-order valence-corrected chi connectivity index (χ3v) is 2.98. The van der Waals surface area contributed by atoms with E-state index in [4.69, 9.17) is 9.47 Å². The molecule has 1 aromatic rings. The van der Waals surface area contributed by atoms with Gasteiger partial charge >= 0.3 is 0 Å². The Morgan fingerprint density at radius 3 is 2.56 bits per heavy atom. The Balaban J connectivity index is 2.26. The van der Waals surface area contributed by atoms with E-state index >= 15 is 0 Å². The molecule has 1 aromatic carbocycles. The molecule has 0 saturated heterocycles. The maximum atomic E-state index is 5.65. The number of rotatable bonds is 5. The Morgan fingerprint density at radius 1 is 1.11 bits per heavy atom. The summed E-state index contributed by atoms with van der Waals surface area (Å²) in [5.41, 5.74) is 2.63. The Morgan fingerprint density at radius 2 is 1.89 bits per heavy atom. The van der Waals surface area contributed by atoms with Crippen molar-refractivity contribution in [1.29, 1.82) is 0 Å². The van der Waals surface area contributed by atoms with E-state index in [-0.39, 0.29) is 0 Å². The minimum absolute atomic E-state index is 0.657. The lowest BCUT2D eigenvalue weighted by atomic mass is 10.00. The van der Waals surface area contributed by atoms with Gasteiger partial charge in [0.05, 0.1) is 13.2 Å². The van der Waals surface area contributed by atoms with Gasteiger partial charge in [0, 0.05) is 6.54 Å². The molecule has 0 saturated carbocycles. The van der Waals surface area contributed by atoms with E-state index in [2.05, 4.69) is 23.5 Å². The van der Waals surface area contributed by atoms with Crippen LogP contribution in [0.25, 0.3) is 5.57 Å². The molecule has 98 valence electrons. The van der Waals surface area contributed by atoms with Crippen molar-refractivity contribution in [2.45, 2.75) is 20.3 Å². The zero-order chi connectivity index (χ0) is 12.8. The topological polar surface area (TPSA) is 30.5 Å². The molecular formula is C15H21NO2. The molecule has 0 atom stereocenters. The lowest BCUT2D eigenvalue weighted by molar-refractivity contribution is 0.287. The Bertz CT molecular complexity index is 427. The first kappa shape index (κ1) is 13.0. The molecule has 0 bridgehead atoms. The lowest BCUT2D eigenvalue weighted by Crippen LogP contribution is -2.20. The van der Waals surface area contributed by atoms with Crippen molar-refractivity contribution in [3.8, 4) is 11.5 Å². The van der Waals surface area contributed by atoms with Crippen LogP contribution in [0.4, 0.5) is 0 Å². The van der Waals surface area contributed by atoms with E-state index in [9.17, 15) is 0 Å². The maximum absolute atomic E-state index is 5.65. The number of hydrogen-bond donors (Lipinski definition) is 1. The molecule has 18 heavy (non-hydrogen) atoms. The predicted molar refractivity (Wildman–Crippen MR) is 74.2 cm³/mol. The summed E-state index contributed by atoms with van der Waals surface area (Å²) in [6.45, 7) is 7.29. The molecule has 0 unspecified atom stereocenters. The smallest absolute Gasteiger partial charge is 0.161 e. The van der Waals surface area contributed by atoms with Gasteiger partial charge in [0.1, 0.15) is 0 Å². The molecule has 0 amide bonds. The molecule has 0 aliphatic carbocycles. The third-order valence-electron chi connectivity index (χ3n) is 2.98. The highest BCUT2D eigenvalue weighted by Crippen LogP contribution is 2.32. The van der Waals surface area contributed by atoms with Crippen LogP contribution in [0.5, 0.6) is 11.5 Å². The average Bonchev–Trinajstić information content (AvgIpc) is 2.42. The monoisotopic (exact) mass is 247 g/mol. The quantitative estimate of drug-likeness (QED) is 0.868. The molecule has 0 spiro atoms. The predicted octanol–water partition coefficient (Wildman–Crippen LogP) is 2.86. The number of nitrogens with one attached hydrogen (secondary N) is 1. The summed E-state index contributed by atoms with van der Waals surface area (Å²) >= 11 is 0. The normalized spacial score (nSPS) is 15.1. The molecule has 1 aliphatic heterocycles. The first-order chi connectivity index (χ1) is 8.85. The van der Waals surface area contributed by atoms with Crippen LogP contribution in [-0.2, 0) is 0 Å². The van der Waals surface area contributed by atoms with Crippen molar-refractivity contribution in [3.63, 3.8) is 0 Å². The van der Waals surface area contributed by atoms with Gasteiger partial charge in [0.2, 0.25) is 0 Å². The van der Waals surface area contributed by atoms with Crippen molar-refractivity contribution >= 4 is 5.57 Å². The summed E-state index contributed by atoms with van der Waals surface area (Å²) in [6, 6.07) is 6.21. The van der Waals surface area contributed by atoms with Gasteiger partial charge in [-0.05, 0) is 50.1 Å². The summed E-state index contributed by atoms with van der Waals surface area (Å²) < 4.78 is 11.2. The molecule has 0 radical (unpaired) electrons. The first-order valence-corrected chi connectivity index (χ1v) is 6.65. The maximum Gasteiger partial charge on any atom is 0.161 e. The SMILES string of the molecule is CCOc1ccc(C2=CCNCC2)cc1OCC. The zero-order valence-corrected chi connectivity index (χ0v) is 11.2. The highest BCUT2D eigenvalue weighted by molar-refractivity contribution is 5.69. The summed E-state index contributed by atoms with van der Waals surface area (Å²) in [5, 5.41) is 3.32. The fourth-order valence-corrected chi connectivity index (χ4v) is 2.14. The first-order valence-electron chi connectivity index (χ1n) is 6.65. The lowest BCUT2D eigenvalue weighted by Gasteiger charge is -2.17. The van der Waals surface area contributed by atoms with Crippen LogP contribution in [0.15, 0.2) is 24.3 Å². The zero-order valence-electron chi connectivity index (χ0n) is 11.2. The molecule has 3 heteroatoms. The van der Waals surface area contributed by atoms with Crippen LogP contribution >= 0.6 is 0 Å². The van der Waals surface area contributed by atoms with Crippen LogP contribution in [0.1, 0.15) is 25.8 Å². The van der Waals surface area contributed by atoms with Gasteiger partial charge in [-0.3, -0.25) is 0 Å². The molecule has 0 aromatic heterocycles. The fourth-order valence-electron chi connectivity index (χ4n) is 2.14. The van der Waals surface area contributed by atoms with E-state index in [0.29, 0.717) is 13.2 Å². The molecule has 1 N–H and O–H groups in total. The van der Waals surface area contributed by atoms with Crippen LogP contribution in [-0.4, -0.2) is 26.3 Å². The highest BCUT2D eigenvalue weighted by atomic mass is 16.5. The summed E-state index contributed by atoms with van der Waals surface area (Å²) in [6.07, 6.45) is 3.31. The fraction of sp³-hybridized carbons (Fsp3) is 0.467. The van der Waals surface area contributed by atoms with Crippen molar-refractivity contribution in [2.75, 3.05) is 26.3 Å². The van der Waals surface area contributed by atoms with Crippen LogP contribution in [0.2, 0.25) is 0 Å². The second kappa shape index (κ2) is 6.45. The van der Waals surface area contributed by atoms with E-state index in [1.54, 1.807) is 0 Å². The third kappa shape index (κ3) is 3.05. The van der Waals surface area contributed by atoms with Crippen molar-refractivity contribution in [3.05, 3.63) is 29.8 Å². The standard InChI is InChI=1S/C15H21NO2/c1-3-17-14-6-5-13(11-15(14)18-4-2)12-7-9-16-10-8-12/h5-7,11,16H,3-4,8-10H2,1-2H3. The van der Waals surface area contributed by atoms with E-state index < -0.39 is 0 Å². The van der Waals surface area contributed by atoms with Gasteiger partial charge < -0.3 is 14.8 Å². The van der Waals surface area contributed by atoms with Crippen LogP contribution < -0.4 is 14.8 Å². The minimum Gasteiger partial charge on any atom is -0.490 e. The number of benzene rings is 1. The number of ether oxygens (including phenoxy) is 2. The van der Waals surface area contributed by atoms with Gasteiger partial charge in [0.25, 0.3) is 0 Å². The minimum atomic E-state index is 0.657. The molecule has 1 heterocycles.